The summed E-state index contributed by atoms with van der Waals surface area (Å²) in [6.45, 7) is 0.433. The summed E-state index contributed by atoms with van der Waals surface area (Å²) in [5.74, 6) is 1.98. The van der Waals surface area contributed by atoms with E-state index in [1.54, 1.807) is 4.90 Å². The molecule has 4 nitrogen and oxygen atoms in total. The fourth-order valence-corrected chi connectivity index (χ4v) is 6.30. The number of anilines is 2. The lowest BCUT2D eigenvalue weighted by Gasteiger charge is -2.22. The number of benzene rings is 2. The van der Waals surface area contributed by atoms with E-state index in [0.29, 0.717) is 11.1 Å². The standard InChI is InChI=1S/C21H22N2O2S2/c24-19-13-16(14-23(19)18-8-2-1-3-9-18)20(25)22-17-7-4-6-15(12-17)21-26-10-5-11-27-21/h1-4,6-9,12,16,21H,5,10-11,13-14H2,(H,22,25). The van der Waals surface area contributed by atoms with E-state index in [4.69, 9.17) is 0 Å². The van der Waals surface area contributed by atoms with Crippen LogP contribution in [0, 0.1) is 5.92 Å². The minimum Gasteiger partial charge on any atom is -0.326 e. The van der Waals surface area contributed by atoms with Crippen molar-refractivity contribution in [1.29, 1.82) is 0 Å². The number of nitrogens with one attached hydrogen (secondary N) is 1. The normalized spacial score (nSPS) is 20.7. The van der Waals surface area contributed by atoms with Gasteiger partial charge in [0.25, 0.3) is 0 Å². The first-order valence-electron chi connectivity index (χ1n) is 9.20. The summed E-state index contributed by atoms with van der Waals surface area (Å²) in [7, 11) is 0. The van der Waals surface area contributed by atoms with Crippen molar-refractivity contribution in [3.8, 4) is 0 Å². The second-order valence-electron chi connectivity index (χ2n) is 6.78. The summed E-state index contributed by atoms with van der Waals surface area (Å²) >= 11 is 3.93. The molecular weight excluding hydrogens is 376 g/mol. The van der Waals surface area contributed by atoms with Gasteiger partial charge in [-0.3, -0.25) is 9.59 Å². The molecule has 2 heterocycles. The molecule has 2 aliphatic rings. The molecule has 0 radical (unpaired) electrons. The second-order valence-corrected chi connectivity index (χ2v) is 9.51. The Morgan fingerprint density at radius 1 is 1.04 bits per heavy atom. The predicted molar refractivity (Wildman–Crippen MR) is 114 cm³/mol. The highest BCUT2D eigenvalue weighted by Crippen LogP contribution is 2.44. The number of thioether (sulfide) groups is 2. The molecule has 2 aromatic carbocycles. The van der Waals surface area contributed by atoms with Crippen LogP contribution in [0.25, 0.3) is 0 Å². The SMILES string of the molecule is O=C(Nc1cccc(C2SCCCS2)c1)C1CC(=O)N(c2ccccc2)C1. The van der Waals surface area contributed by atoms with Crippen LogP contribution in [0.4, 0.5) is 11.4 Å². The topological polar surface area (TPSA) is 49.4 Å². The van der Waals surface area contributed by atoms with Crippen molar-refractivity contribution < 1.29 is 9.59 Å². The largest absolute Gasteiger partial charge is 0.326 e. The Kier molecular flexibility index (Phi) is 5.74. The molecule has 1 atom stereocenters. The van der Waals surface area contributed by atoms with Gasteiger partial charge in [-0.25, -0.2) is 0 Å². The third-order valence-electron chi connectivity index (χ3n) is 4.82. The summed E-state index contributed by atoms with van der Waals surface area (Å²) in [6, 6.07) is 17.7. The van der Waals surface area contributed by atoms with Crippen LogP contribution in [0.15, 0.2) is 54.6 Å². The first kappa shape index (κ1) is 18.4. The maximum absolute atomic E-state index is 12.7. The Bertz CT molecular complexity index is 822. The number of hydrogen-bond acceptors (Lipinski definition) is 4. The van der Waals surface area contributed by atoms with E-state index >= 15 is 0 Å². The first-order valence-corrected chi connectivity index (χ1v) is 11.3. The molecule has 0 aliphatic carbocycles. The third-order valence-corrected chi connectivity index (χ3v) is 7.83. The summed E-state index contributed by atoms with van der Waals surface area (Å²) in [6.07, 6.45) is 1.52. The van der Waals surface area contributed by atoms with Gasteiger partial charge >= 0.3 is 0 Å². The summed E-state index contributed by atoms with van der Waals surface area (Å²) < 4.78 is 0.442. The van der Waals surface area contributed by atoms with Gasteiger partial charge in [0.1, 0.15) is 0 Å². The first-order chi connectivity index (χ1) is 13.2. The van der Waals surface area contributed by atoms with E-state index in [1.165, 1.54) is 23.5 Å². The highest BCUT2D eigenvalue weighted by molar-refractivity contribution is 8.16. The van der Waals surface area contributed by atoms with Crippen LogP contribution < -0.4 is 10.2 Å². The maximum atomic E-state index is 12.7. The van der Waals surface area contributed by atoms with Crippen LogP contribution >= 0.6 is 23.5 Å². The number of para-hydroxylation sites is 1. The molecule has 140 valence electrons. The highest BCUT2D eigenvalue weighted by atomic mass is 32.2. The Hall–Kier alpha value is -1.92. The van der Waals surface area contributed by atoms with E-state index in [1.807, 2.05) is 66.0 Å². The van der Waals surface area contributed by atoms with Crippen LogP contribution in [0.5, 0.6) is 0 Å². The van der Waals surface area contributed by atoms with Gasteiger partial charge in [-0.1, -0.05) is 30.3 Å². The Balaban J connectivity index is 1.41. The monoisotopic (exact) mass is 398 g/mol. The van der Waals surface area contributed by atoms with E-state index in [2.05, 4.69) is 17.4 Å². The molecule has 6 heteroatoms. The average molecular weight is 399 g/mol. The lowest BCUT2D eigenvalue weighted by Crippen LogP contribution is -2.28. The molecule has 2 aromatic rings. The Labute approximate surface area is 168 Å². The van der Waals surface area contributed by atoms with Crippen molar-refractivity contribution in [2.24, 2.45) is 5.92 Å². The molecule has 2 saturated heterocycles. The van der Waals surface area contributed by atoms with Crippen molar-refractivity contribution in [2.45, 2.75) is 17.4 Å². The zero-order valence-electron chi connectivity index (χ0n) is 15.0. The lowest BCUT2D eigenvalue weighted by atomic mass is 10.1. The third kappa shape index (κ3) is 4.33. The van der Waals surface area contributed by atoms with Crippen LogP contribution in [0.3, 0.4) is 0 Å². The predicted octanol–water partition coefficient (Wildman–Crippen LogP) is 4.55. The van der Waals surface area contributed by atoms with E-state index < -0.39 is 0 Å². The molecular formula is C21H22N2O2S2. The smallest absolute Gasteiger partial charge is 0.229 e. The second kappa shape index (κ2) is 8.40. The molecule has 1 unspecified atom stereocenters. The number of hydrogen-bond donors (Lipinski definition) is 1. The van der Waals surface area contributed by atoms with Gasteiger partial charge in [-0.2, -0.15) is 0 Å². The van der Waals surface area contributed by atoms with Crippen molar-refractivity contribution in [3.05, 3.63) is 60.2 Å². The van der Waals surface area contributed by atoms with Crippen LogP contribution in [0.1, 0.15) is 23.0 Å². The van der Waals surface area contributed by atoms with Crippen LogP contribution in [-0.4, -0.2) is 29.9 Å². The van der Waals surface area contributed by atoms with E-state index in [0.717, 1.165) is 11.4 Å². The molecule has 0 bridgehead atoms. The van der Waals surface area contributed by atoms with Crippen LogP contribution in [-0.2, 0) is 9.59 Å². The van der Waals surface area contributed by atoms with Crippen LogP contribution in [0.2, 0.25) is 0 Å². The van der Waals surface area contributed by atoms with Gasteiger partial charge in [0, 0.05) is 24.3 Å². The van der Waals surface area contributed by atoms with Crippen molar-refractivity contribution >= 4 is 46.7 Å². The molecule has 0 aromatic heterocycles. The molecule has 1 N–H and O–H groups in total. The zero-order chi connectivity index (χ0) is 18.6. The fraction of sp³-hybridized carbons (Fsp3) is 0.333. The Morgan fingerprint density at radius 3 is 2.59 bits per heavy atom. The molecule has 2 fully saturated rings. The van der Waals surface area contributed by atoms with Gasteiger partial charge < -0.3 is 10.2 Å². The van der Waals surface area contributed by atoms with Gasteiger partial charge in [0.05, 0.1) is 10.5 Å². The van der Waals surface area contributed by atoms with Gasteiger partial charge in [0.15, 0.2) is 0 Å². The van der Waals surface area contributed by atoms with Gasteiger partial charge in [-0.05, 0) is 47.8 Å². The number of carbonyl (C=O) groups excluding carboxylic acids is 2. The maximum Gasteiger partial charge on any atom is 0.229 e. The minimum absolute atomic E-state index is 0.00473. The molecule has 2 amide bonds. The molecule has 0 spiro atoms. The summed E-state index contributed by atoms with van der Waals surface area (Å²) in [4.78, 5) is 26.8. The quantitative estimate of drug-likeness (QED) is 0.821. The van der Waals surface area contributed by atoms with Gasteiger partial charge in [0.2, 0.25) is 11.8 Å². The van der Waals surface area contributed by atoms with Crippen molar-refractivity contribution in [1.82, 2.24) is 0 Å². The number of amides is 2. The highest BCUT2D eigenvalue weighted by Gasteiger charge is 2.35. The average Bonchev–Trinajstić information content (AvgIpc) is 3.11. The molecule has 4 rings (SSSR count). The number of nitrogens with zero attached hydrogens (tertiary/aromatic N) is 1. The zero-order valence-corrected chi connectivity index (χ0v) is 16.6. The van der Waals surface area contributed by atoms with Gasteiger partial charge in [-0.15, -0.1) is 23.5 Å². The van der Waals surface area contributed by atoms with Crippen molar-refractivity contribution in [3.63, 3.8) is 0 Å². The molecule has 0 saturated carbocycles. The fourth-order valence-electron chi connectivity index (χ4n) is 3.43. The molecule has 27 heavy (non-hydrogen) atoms. The summed E-state index contributed by atoms with van der Waals surface area (Å²) in [5, 5.41) is 3.02. The van der Waals surface area contributed by atoms with E-state index in [-0.39, 0.29) is 24.2 Å². The minimum atomic E-state index is -0.320. The number of carbonyl (C=O) groups is 2. The lowest BCUT2D eigenvalue weighted by molar-refractivity contribution is -0.122. The summed E-state index contributed by atoms with van der Waals surface area (Å²) in [5.41, 5.74) is 2.91. The van der Waals surface area contributed by atoms with E-state index in [9.17, 15) is 9.59 Å². The Morgan fingerprint density at radius 2 is 1.81 bits per heavy atom. The molecule has 2 aliphatic heterocycles. The number of rotatable bonds is 4. The van der Waals surface area contributed by atoms with Crippen molar-refractivity contribution in [2.75, 3.05) is 28.3 Å².